The first kappa shape index (κ1) is 19.9. The molecule has 1 aliphatic heterocycles. The molecule has 1 saturated heterocycles. The van der Waals surface area contributed by atoms with Crippen LogP contribution in [0.4, 0.5) is 9.18 Å². The normalized spacial score (nSPS) is 16.8. The first-order valence-electron chi connectivity index (χ1n) is 7.94. The fourth-order valence-electron chi connectivity index (χ4n) is 2.15. The fraction of sp³-hybridized carbons (Fsp3) is 0.278. The molecule has 0 bridgehead atoms. The van der Waals surface area contributed by atoms with Crippen molar-refractivity contribution in [1.29, 1.82) is 0 Å². The molecule has 1 fully saturated rings. The summed E-state index contributed by atoms with van der Waals surface area (Å²) in [5, 5.41) is 2.14. The molecule has 0 saturated carbocycles. The van der Waals surface area contributed by atoms with Gasteiger partial charge >= 0.3 is 0 Å². The van der Waals surface area contributed by atoms with E-state index >= 15 is 0 Å². The van der Waals surface area contributed by atoms with Crippen molar-refractivity contribution in [2.24, 2.45) is 0 Å². The first-order valence-corrected chi connectivity index (χ1v) is 8.75. The van der Waals surface area contributed by atoms with Crippen LogP contribution in [0.2, 0.25) is 0 Å². The van der Waals surface area contributed by atoms with Crippen molar-refractivity contribution < 1.29 is 23.5 Å². The van der Waals surface area contributed by atoms with E-state index in [1.807, 2.05) is 0 Å². The summed E-state index contributed by atoms with van der Waals surface area (Å²) in [5.74, 6) is -1.32. The topological polar surface area (TPSA) is 75.7 Å². The second kappa shape index (κ2) is 9.30. The molecular formula is C18H19FN2O4S. The maximum Gasteiger partial charge on any atom is 0.293 e. The second-order valence-corrected chi connectivity index (χ2v) is 6.40. The van der Waals surface area contributed by atoms with Gasteiger partial charge in [-0.05, 0) is 30.8 Å². The van der Waals surface area contributed by atoms with E-state index in [-0.39, 0.29) is 36.1 Å². The van der Waals surface area contributed by atoms with Gasteiger partial charge in [-0.25, -0.2) is 4.39 Å². The molecule has 0 spiro atoms. The van der Waals surface area contributed by atoms with Crippen molar-refractivity contribution in [3.63, 3.8) is 0 Å². The number of ether oxygens (including phenoxy) is 1. The Morgan fingerprint density at radius 1 is 1.42 bits per heavy atom. The van der Waals surface area contributed by atoms with Gasteiger partial charge in [-0.2, -0.15) is 0 Å². The number of amides is 3. The van der Waals surface area contributed by atoms with Gasteiger partial charge in [-0.3, -0.25) is 19.3 Å². The molecular weight excluding hydrogens is 359 g/mol. The SMILES string of the molecule is C=CCOC(C)C(=O)NCCN1C(=O)S/C(=C\c2ccccc2F)C1=O. The lowest BCUT2D eigenvalue weighted by Crippen LogP contribution is -2.41. The number of nitrogens with one attached hydrogen (secondary N) is 1. The quantitative estimate of drug-likeness (QED) is 0.556. The monoisotopic (exact) mass is 378 g/mol. The van der Waals surface area contributed by atoms with Gasteiger partial charge in [0.1, 0.15) is 11.9 Å². The number of benzene rings is 1. The lowest BCUT2D eigenvalue weighted by atomic mass is 10.2. The third-order valence-electron chi connectivity index (χ3n) is 3.53. The summed E-state index contributed by atoms with van der Waals surface area (Å²) in [4.78, 5) is 37.3. The minimum absolute atomic E-state index is 0.0270. The summed E-state index contributed by atoms with van der Waals surface area (Å²) >= 11 is 0.745. The molecule has 1 heterocycles. The number of rotatable bonds is 8. The van der Waals surface area contributed by atoms with Crippen molar-refractivity contribution >= 4 is 34.9 Å². The van der Waals surface area contributed by atoms with Gasteiger partial charge in [0, 0.05) is 18.7 Å². The van der Waals surface area contributed by atoms with E-state index in [0.29, 0.717) is 0 Å². The number of carbonyl (C=O) groups is 3. The van der Waals surface area contributed by atoms with E-state index in [1.165, 1.54) is 24.3 Å². The van der Waals surface area contributed by atoms with E-state index in [1.54, 1.807) is 19.1 Å². The van der Waals surface area contributed by atoms with Crippen LogP contribution in [0.15, 0.2) is 41.8 Å². The number of carbonyl (C=O) groups excluding carboxylic acids is 3. The van der Waals surface area contributed by atoms with Crippen LogP contribution >= 0.6 is 11.8 Å². The summed E-state index contributed by atoms with van der Waals surface area (Å²) in [5.41, 5.74) is 0.236. The number of hydrogen-bond acceptors (Lipinski definition) is 5. The standard InChI is InChI=1S/C18H19FN2O4S/c1-3-10-25-12(2)16(22)20-8-9-21-17(23)15(26-18(21)24)11-13-6-4-5-7-14(13)19/h3-7,11-12H,1,8-10H2,2H3,(H,20,22)/b15-11-. The van der Waals surface area contributed by atoms with Crippen molar-refractivity contribution in [3.05, 3.63) is 53.2 Å². The van der Waals surface area contributed by atoms with Gasteiger partial charge in [-0.1, -0.05) is 24.3 Å². The minimum Gasteiger partial charge on any atom is -0.365 e. The Labute approximate surface area is 155 Å². The van der Waals surface area contributed by atoms with E-state index in [0.717, 1.165) is 16.7 Å². The molecule has 6 nitrogen and oxygen atoms in total. The molecule has 1 atom stereocenters. The summed E-state index contributed by atoms with van der Waals surface area (Å²) in [6, 6.07) is 5.99. The van der Waals surface area contributed by atoms with Gasteiger partial charge in [0.15, 0.2) is 0 Å². The molecule has 1 N–H and O–H groups in total. The molecule has 1 unspecified atom stereocenters. The predicted molar refractivity (Wildman–Crippen MR) is 97.7 cm³/mol. The smallest absolute Gasteiger partial charge is 0.293 e. The lowest BCUT2D eigenvalue weighted by Gasteiger charge is -2.15. The summed E-state index contributed by atoms with van der Waals surface area (Å²) in [6.45, 7) is 5.47. The summed E-state index contributed by atoms with van der Waals surface area (Å²) in [7, 11) is 0. The van der Waals surface area contributed by atoms with Crippen LogP contribution in [-0.4, -0.2) is 47.8 Å². The first-order chi connectivity index (χ1) is 12.4. The molecule has 3 amide bonds. The Kier molecular flexibility index (Phi) is 7.11. The van der Waals surface area contributed by atoms with Gasteiger partial charge in [0.25, 0.3) is 11.1 Å². The van der Waals surface area contributed by atoms with Crippen molar-refractivity contribution in [2.45, 2.75) is 13.0 Å². The zero-order valence-electron chi connectivity index (χ0n) is 14.2. The Morgan fingerprint density at radius 2 is 2.15 bits per heavy atom. The molecule has 1 aromatic carbocycles. The van der Waals surface area contributed by atoms with Crippen LogP contribution in [-0.2, 0) is 14.3 Å². The number of thioether (sulfide) groups is 1. The second-order valence-electron chi connectivity index (χ2n) is 5.41. The molecule has 1 aromatic rings. The molecule has 2 rings (SSSR count). The third kappa shape index (κ3) is 5.03. The highest BCUT2D eigenvalue weighted by Gasteiger charge is 2.34. The summed E-state index contributed by atoms with van der Waals surface area (Å²) < 4.78 is 18.9. The van der Waals surface area contributed by atoms with Crippen LogP contribution in [0.5, 0.6) is 0 Å². The maximum absolute atomic E-state index is 13.7. The molecule has 26 heavy (non-hydrogen) atoms. The zero-order chi connectivity index (χ0) is 19.1. The van der Waals surface area contributed by atoms with Crippen molar-refractivity contribution in [1.82, 2.24) is 10.2 Å². The van der Waals surface area contributed by atoms with Crippen molar-refractivity contribution in [2.75, 3.05) is 19.7 Å². The fourth-order valence-corrected chi connectivity index (χ4v) is 3.00. The van der Waals surface area contributed by atoms with E-state index in [4.69, 9.17) is 4.74 Å². The molecule has 8 heteroatoms. The molecule has 0 radical (unpaired) electrons. The molecule has 0 aromatic heterocycles. The maximum atomic E-state index is 13.7. The van der Waals surface area contributed by atoms with Gasteiger partial charge in [0.2, 0.25) is 5.91 Å². The number of halogens is 1. The average Bonchev–Trinajstić information content (AvgIpc) is 2.88. The van der Waals surface area contributed by atoms with Crippen LogP contribution < -0.4 is 5.32 Å². The highest BCUT2D eigenvalue weighted by Crippen LogP contribution is 2.32. The lowest BCUT2D eigenvalue weighted by molar-refractivity contribution is -0.131. The zero-order valence-corrected chi connectivity index (χ0v) is 15.1. The van der Waals surface area contributed by atoms with Gasteiger partial charge in [-0.15, -0.1) is 6.58 Å². The largest absolute Gasteiger partial charge is 0.365 e. The average molecular weight is 378 g/mol. The van der Waals surface area contributed by atoms with Gasteiger partial charge < -0.3 is 10.1 Å². The van der Waals surface area contributed by atoms with Crippen LogP contribution in [0.25, 0.3) is 6.08 Å². The number of imide groups is 1. The summed E-state index contributed by atoms with van der Waals surface area (Å²) in [6.07, 6.45) is 2.22. The molecule has 0 aliphatic carbocycles. The van der Waals surface area contributed by atoms with E-state index < -0.39 is 23.1 Å². The highest BCUT2D eigenvalue weighted by molar-refractivity contribution is 8.18. The van der Waals surface area contributed by atoms with Crippen LogP contribution in [0, 0.1) is 5.82 Å². The van der Waals surface area contributed by atoms with Crippen LogP contribution in [0.3, 0.4) is 0 Å². The predicted octanol–water partition coefficient (Wildman–Crippen LogP) is 2.57. The van der Waals surface area contributed by atoms with Gasteiger partial charge in [0.05, 0.1) is 11.5 Å². The number of nitrogens with zero attached hydrogens (tertiary/aromatic N) is 1. The van der Waals surface area contributed by atoms with Crippen LogP contribution in [0.1, 0.15) is 12.5 Å². The highest BCUT2D eigenvalue weighted by atomic mass is 32.2. The molecule has 1 aliphatic rings. The van der Waals surface area contributed by atoms with E-state index in [9.17, 15) is 18.8 Å². The Morgan fingerprint density at radius 3 is 2.85 bits per heavy atom. The minimum atomic E-state index is -0.663. The van der Waals surface area contributed by atoms with E-state index in [2.05, 4.69) is 11.9 Å². The Hall–Kier alpha value is -2.45. The Balaban J connectivity index is 1.92. The van der Waals surface area contributed by atoms with Crippen molar-refractivity contribution in [3.8, 4) is 0 Å². The molecule has 138 valence electrons. The third-order valence-corrected chi connectivity index (χ3v) is 4.44. The Bertz CT molecular complexity index is 750. The number of hydrogen-bond donors (Lipinski definition) is 1.